The minimum Gasteiger partial charge on any atom is -0.508 e. The van der Waals surface area contributed by atoms with Crippen molar-refractivity contribution in [2.24, 2.45) is 0 Å². The molecule has 0 aromatic heterocycles. The molecule has 0 saturated heterocycles. The predicted octanol–water partition coefficient (Wildman–Crippen LogP) is 4.09. The van der Waals surface area contributed by atoms with Crippen LogP contribution in [0.3, 0.4) is 0 Å². The molecule has 0 spiro atoms. The predicted molar refractivity (Wildman–Crippen MR) is 87.5 cm³/mol. The Labute approximate surface area is 131 Å². The number of hydrogen-bond donors (Lipinski definition) is 1. The van der Waals surface area contributed by atoms with Crippen LogP contribution in [0, 0.1) is 13.8 Å². The smallest absolute Gasteiger partial charge is 0.308 e. The number of esters is 1. The molecule has 0 radical (unpaired) electrons. The molecule has 1 N–H and O–H groups in total. The van der Waals surface area contributed by atoms with Crippen molar-refractivity contribution in [3.05, 3.63) is 58.1 Å². The van der Waals surface area contributed by atoms with Crippen LogP contribution >= 0.6 is 0 Å². The van der Waals surface area contributed by atoms with Crippen LogP contribution in [0.15, 0.2) is 30.3 Å². The van der Waals surface area contributed by atoms with E-state index in [1.54, 1.807) is 0 Å². The van der Waals surface area contributed by atoms with Gasteiger partial charge in [0.1, 0.15) is 11.5 Å². The SMILES string of the molecule is CCc1ccc(Cc2c(O)cc(OC(C)=O)c(C)c2C)cc1. The Balaban J connectivity index is 2.34. The van der Waals surface area contributed by atoms with E-state index in [4.69, 9.17) is 4.74 Å². The van der Waals surface area contributed by atoms with Crippen molar-refractivity contribution in [2.75, 3.05) is 0 Å². The van der Waals surface area contributed by atoms with Gasteiger partial charge in [-0.05, 0) is 42.5 Å². The van der Waals surface area contributed by atoms with E-state index in [-0.39, 0.29) is 11.7 Å². The van der Waals surface area contributed by atoms with Crippen LogP contribution in [0.4, 0.5) is 0 Å². The standard InChI is InChI=1S/C19H22O3/c1-5-15-6-8-16(9-7-15)10-17-12(2)13(3)19(11-18(17)21)22-14(4)20/h6-9,11,21H,5,10H2,1-4H3. The second kappa shape index (κ2) is 6.65. The molecule has 0 atom stereocenters. The third kappa shape index (κ3) is 3.48. The van der Waals surface area contributed by atoms with E-state index in [1.807, 2.05) is 13.8 Å². The lowest BCUT2D eigenvalue weighted by Gasteiger charge is -2.15. The molecule has 0 heterocycles. The van der Waals surface area contributed by atoms with E-state index in [0.717, 1.165) is 28.7 Å². The van der Waals surface area contributed by atoms with Gasteiger partial charge in [-0.2, -0.15) is 0 Å². The first kappa shape index (κ1) is 16.1. The molecule has 0 fully saturated rings. The van der Waals surface area contributed by atoms with E-state index in [9.17, 15) is 9.90 Å². The maximum Gasteiger partial charge on any atom is 0.308 e. The molecule has 2 aromatic rings. The normalized spacial score (nSPS) is 10.5. The first-order valence-corrected chi connectivity index (χ1v) is 7.50. The molecule has 2 rings (SSSR count). The van der Waals surface area contributed by atoms with Crippen LogP contribution < -0.4 is 4.74 Å². The van der Waals surface area contributed by atoms with Crippen molar-refractivity contribution in [3.8, 4) is 11.5 Å². The summed E-state index contributed by atoms with van der Waals surface area (Å²) in [5.41, 5.74) is 5.16. The Hall–Kier alpha value is -2.29. The molecule has 2 aromatic carbocycles. The average Bonchev–Trinajstić information content (AvgIpc) is 2.49. The highest BCUT2D eigenvalue weighted by Gasteiger charge is 2.14. The second-order valence-corrected chi connectivity index (χ2v) is 5.56. The molecular formula is C19H22O3. The van der Waals surface area contributed by atoms with Crippen molar-refractivity contribution in [3.63, 3.8) is 0 Å². The van der Waals surface area contributed by atoms with Crippen molar-refractivity contribution in [2.45, 2.75) is 40.5 Å². The molecule has 22 heavy (non-hydrogen) atoms. The van der Waals surface area contributed by atoms with Gasteiger partial charge in [0, 0.05) is 25.0 Å². The van der Waals surface area contributed by atoms with Crippen LogP contribution in [0.1, 0.15) is 41.7 Å². The van der Waals surface area contributed by atoms with Crippen LogP contribution in [0.2, 0.25) is 0 Å². The molecule has 0 amide bonds. The average molecular weight is 298 g/mol. The lowest BCUT2D eigenvalue weighted by molar-refractivity contribution is -0.131. The fourth-order valence-corrected chi connectivity index (χ4v) is 2.50. The van der Waals surface area contributed by atoms with E-state index in [1.165, 1.54) is 18.6 Å². The Morgan fingerprint density at radius 3 is 2.23 bits per heavy atom. The molecule has 3 heteroatoms. The Morgan fingerprint density at radius 1 is 1.09 bits per heavy atom. The van der Waals surface area contributed by atoms with Gasteiger partial charge in [-0.1, -0.05) is 31.2 Å². The summed E-state index contributed by atoms with van der Waals surface area (Å²) in [4.78, 5) is 11.1. The topological polar surface area (TPSA) is 46.5 Å². The number of rotatable bonds is 4. The van der Waals surface area contributed by atoms with Crippen molar-refractivity contribution >= 4 is 5.97 Å². The molecule has 116 valence electrons. The van der Waals surface area contributed by atoms with Crippen LogP contribution in [-0.2, 0) is 17.6 Å². The first-order valence-electron chi connectivity index (χ1n) is 7.50. The number of carbonyl (C=O) groups excluding carboxylic acids is 1. The molecule has 0 aliphatic carbocycles. The Kier molecular flexibility index (Phi) is 4.86. The van der Waals surface area contributed by atoms with Gasteiger partial charge < -0.3 is 9.84 Å². The van der Waals surface area contributed by atoms with Gasteiger partial charge in [-0.25, -0.2) is 0 Å². The minimum atomic E-state index is -0.384. The zero-order valence-corrected chi connectivity index (χ0v) is 13.6. The van der Waals surface area contributed by atoms with Gasteiger partial charge in [0.15, 0.2) is 0 Å². The number of ether oxygens (including phenoxy) is 1. The monoisotopic (exact) mass is 298 g/mol. The van der Waals surface area contributed by atoms with E-state index in [0.29, 0.717) is 12.2 Å². The third-order valence-electron chi connectivity index (χ3n) is 4.03. The van der Waals surface area contributed by atoms with Gasteiger partial charge in [-0.3, -0.25) is 4.79 Å². The summed E-state index contributed by atoms with van der Waals surface area (Å²) in [5.74, 6) is 0.205. The highest BCUT2D eigenvalue weighted by Crippen LogP contribution is 2.33. The quantitative estimate of drug-likeness (QED) is 0.683. The van der Waals surface area contributed by atoms with Gasteiger partial charge in [0.2, 0.25) is 0 Å². The zero-order chi connectivity index (χ0) is 16.3. The van der Waals surface area contributed by atoms with Crippen molar-refractivity contribution in [1.82, 2.24) is 0 Å². The lowest BCUT2D eigenvalue weighted by Crippen LogP contribution is -2.05. The Morgan fingerprint density at radius 2 is 1.68 bits per heavy atom. The molecule has 0 aliphatic heterocycles. The van der Waals surface area contributed by atoms with Gasteiger partial charge in [0.25, 0.3) is 0 Å². The summed E-state index contributed by atoms with van der Waals surface area (Å²) in [6.07, 6.45) is 1.67. The van der Waals surface area contributed by atoms with Crippen molar-refractivity contribution < 1.29 is 14.6 Å². The fourth-order valence-electron chi connectivity index (χ4n) is 2.50. The molecule has 0 bridgehead atoms. The minimum absolute atomic E-state index is 0.166. The summed E-state index contributed by atoms with van der Waals surface area (Å²) < 4.78 is 5.14. The third-order valence-corrected chi connectivity index (χ3v) is 4.03. The highest BCUT2D eigenvalue weighted by molar-refractivity contribution is 5.70. The van der Waals surface area contributed by atoms with Crippen LogP contribution in [-0.4, -0.2) is 11.1 Å². The van der Waals surface area contributed by atoms with Gasteiger partial charge >= 0.3 is 5.97 Å². The number of carbonyl (C=O) groups is 1. The number of benzene rings is 2. The number of aryl methyl sites for hydroxylation is 1. The molecule has 0 aliphatic rings. The van der Waals surface area contributed by atoms with Gasteiger partial charge in [0.05, 0.1) is 0 Å². The second-order valence-electron chi connectivity index (χ2n) is 5.56. The lowest BCUT2D eigenvalue weighted by atomic mass is 9.95. The summed E-state index contributed by atoms with van der Waals surface area (Å²) >= 11 is 0. The molecular weight excluding hydrogens is 276 g/mol. The van der Waals surface area contributed by atoms with Crippen LogP contribution in [0.5, 0.6) is 11.5 Å². The Bertz CT molecular complexity index is 685. The van der Waals surface area contributed by atoms with E-state index < -0.39 is 0 Å². The highest BCUT2D eigenvalue weighted by atomic mass is 16.5. The summed E-state index contributed by atoms with van der Waals surface area (Å²) in [6.45, 7) is 7.33. The molecule has 0 unspecified atom stereocenters. The van der Waals surface area contributed by atoms with E-state index in [2.05, 4.69) is 31.2 Å². The maximum atomic E-state index is 11.1. The van der Waals surface area contributed by atoms with E-state index >= 15 is 0 Å². The zero-order valence-electron chi connectivity index (χ0n) is 13.6. The van der Waals surface area contributed by atoms with Gasteiger partial charge in [-0.15, -0.1) is 0 Å². The first-order chi connectivity index (χ1) is 10.4. The number of phenols is 1. The molecule has 3 nitrogen and oxygen atoms in total. The molecule has 0 saturated carbocycles. The number of hydrogen-bond acceptors (Lipinski definition) is 3. The number of phenolic OH excluding ortho intramolecular Hbond substituents is 1. The number of aromatic hydroxyl groups is 1. The maximum absolute atomic E-state index is 11.1. The summed E-state index contributed by atoms with van der Waals surface area (Å²) in [6, 6.07) is 9.93. The van der Waals surface area contributed by atoms with Crippen LogP contribution in [0.25, 0.3) is 0 Å². The largest absolute Gasteiger partial charge is 0.508 e. The fraction of sp³-hybridized carbons (Fsp3) is 0.316. The van der Waals surface area contributed by atoms with Crippen molar-refractivity contribution in [1.29, 1.82) is 0 Å². The summed E-state index contributed by atoms with van der Waals surface area (Å²) in [5, 5.41) is 10.3. The summed E-state index contributed by atoms with van der Waals surface area (Å²) in [7, 11) is 0.